The highest BCUT2D eigenvalue weighted by molar-refractivity contribution is 5.55. The Labute approximate surface area is 102 Å². The Bertz CT molecular complexity index is 334. The molecule has 0 aromatic heterocycles. The molecule has 0 aliphatic carbocycles. The SMILES string of the molecule is OCC(O)CNc1ccc(N2CCCC2)cc1. The highest BCUT2D eigenvalue weighted by Gasteiger charge is 2.11. The molecule has 0 spiro atoms. The zero-order chi connectivity index (χ0) is 12.1. The average Bonchev–Trinajstić information content (AvgIpc) is 2.90. The van der Waals surface area contributed by atoms with Crippen LogP contribution in [0.3, 0.4) is 0 Å². The van der Waals surface area contributed by atoms with Crippen LogP contribution in [0.2, 0.25) is 0 Å². The molecule has 4 heteroatoms. The van der Waals surface area contributed by atoms with E-state index in [-0.39, 0.29) is 6.61 Å². The lowest BCUT2D eigenvalue weighted by atomic mass is 10.2. The van der Waals surface area contributed by atoms with E-state index in [0.717, 1.165) is 18.8 Å². The largest absolute Gasteiger partial charge is 0.394 e. The summed E-state index contributed by atoms with van der Waals surface area (Å²) in [6.45, 7) is 2.46. The van der Waals surface area contributed by atoms with Crippen molar-refractivity contribution in [3.05, 3.63) is 24.3 Å². The van der Waals surface area contributed by atoms with Gasteiger partial charge in [-0.05, 0) is 37.1 Å². The lowest BCUT2D eigenvalue weighted by Gasteiger charge is -2.18. The number of aliphatic hydroxyl groups excluding tert-OH is 2. The van der Waals surface area contributed by atoms with Crippen LogP contribution >= 0.6 is 0 Å². The molecule has 1 saturated heterocycles. The minimum absolute atomic E-state index is 0.209. The fraction of sp³-hybridized carbons (Fsp3) is 0.538. The van der Waals surface area contributed by atoms with Gasteiger partial charge >= 0.3 is 0 Å². The molecule has 0 bridgehead atoms. The van der Waals surface area contributed by atoms with Crippen LogP contribution in [0.15, 0.2) is 24.3 Å². The molecule has 4 nitrogen and oxygen atoms in total. The molecule has 94 valence electrons. The molecule has 1 heterocycles. The van der Waals surface area contributed by atoms with E-state index in [2.05, 4.69) is 22.3 Å². The molecule has 1 fully saturated rings. The molecule has 17 heavy (non-hydrogen) atoms. The average molecular weight is 236 g/mol. The summed E-state index contributed by atoms with van der Waals surface area (Å²) in [5, 5.41) is 21.0. The van der Waals surface area contributed by atoms with Gasteiger partial charge in [0.05, 0.1) is 12.7 Å². The molecule has 3 N–H and O–H groups in total. The smallest absolute Gasteiger partial charge is 0.0942 e. The summed E-state index contributed by atoms with van der Waals surface area (Å²) in [4.78, 5) is 2.38. The first-order valence-electron chi connectivity index (χ1n) is 6.17. The standard InChI is InChI=1S/C13H20N2O2/c16-10-13(17)9-14-11-3-5-12(6-4-11)15-7-1-2-8-15/h3-6,13-14,16-17H,1-2,7-10H2. The molecule has 1 unspecified atom stereocenters. The van der Waals surface area contributed by atoms with Crippen LogP contribution in [0.4, 0.5) is 11.4 Å². The molecular weight excluding hydrogens is 216 g/mol. The van der Waals surface area contributed by atoms with E-state index in [1.165, 1.54) is 18.5 Å². The lowest BCUT2D eigenvalue weighted by molar-refractivity contribution is 0.105. The van der Waals surface area contributed by atoms with E-state index in [9.17, 15) is 5.11 Å². The van der Waals surface area contributed by atoms with Crippen LogP contribution in [0.25, 0.3) is 0 Å². The summed E-state index contributed by atoms with van der Waals surface area (Å²) in [5.41, 5.74) is 2.23. The van der Waals surface area contributed by atoms with Gasteiger partial charge < -0.3 is 20.4 Å². The first-order valence-corrected chi connectivity index (χ1v) is 6.17. The Hall–Kier alpha value is -1.26. The first-order chi connectivity index (χ1) is 8.29. The maximum absolute atomic E-state index is 9.23. The predicted molar refractivity (Wildman–Crippen MR) is 69.5 cm³/mol. The minimum Gasteiger partial charge on any atom is -0.394 e. The Morgan fingerprint density at radius 3 is 2.41 bits per heavy atom. The molecule has 1 aliphatic heterocycles. The Morgan fingerprint density at radius 1 is 1.18 bits per heavy atom. The molecule has 0 saturated carbocycles. The fourth-order valence-corrected chi connectivity index (χ4v) is 2.07. The van der Waals surface area contributed by atoms with E-state index in [1.54, 1.807) is 0 Å². The van der Waals surface area contributed by atoms with Gasteiger partial charge in [-0.25, -0.2) is 0 Å². The highest BCUT2D eigenvalue weighted by atomic mass is 16.3. The highest BCUT2D eigenvalue weighted by Crippen LogP contribution is 2.21. The van der Waals surface area contributed by atoms with Crippen LogP contribution in [0.5, 0.6) is 0 Å². The van der Waals surface area contributed by atoms with Gasteiger partial charge in [0.25, 0.3) is 0 Å². The van der Waals surface area contributed by atoms with Crippen molar-refractivity contribution in [3.63, 3.8) is 0 Å². The summed E-state index contributed by atoms with van der Waals surface area (Å²) >= 11 is 0. The van der Waals surface area contributed by atoms with Gasteiger partial charge in [-0.15, -0.1) is 0 Å². The molecule has 1 aliphatic rings. The van der Waals surface area contributed by atoms with E-state index >= 15 is 0 Å². The number of aliphatic hydroxyl groups is 2. The van der Waals surface area contributed by atoms with Crippen molar-refractivity contribution in [1.82, 2.24) is 0 Å². The van der Waals surface area contributed by atoms with Crippen molar-refractivity contribution in [1.29, 1.82) is 0 Å². The molecule has 1 atom stereocenters. The summed E-state index contributed by atoms with van der Waals surface area (Å²) in [5.74, 6) is 0. The van der Waals surface area contributed by atoms with E-state index in [1.807, 2.05) is 12.1 Å². The second kappa shape index (κ2) is 5.89. The van der Waals surface area contributed by atoms with Gasteiger partial charge in [0.2, 0.25) is 0 Å². The number of anilines is 2. The van der Waals surface area contributed by atoms with Crippen molar-refractivity contribution in [3.8, 4) is 0 Å². The van der Waals surface area contributed by atoms with Crippen molar-refractivity contribution in [2.24, 2.45) is 0 Å². The van der Waals surface area contributed by atoms with Crippen LogP contribution in [-0.4, -0.2) is 42.6 Å². The molecule has 1 aromatic rings. The maximum Gasteiger partial charge on any atom is 0.0942 e. The van der Waals surface area contributed by atoms with Gasteiger partial charge in [0, 0.05) is 31.0 Å². The molecule has 0 radical (unpaired) electrons. The second-order valence-corrected chi connectivity index (χ2v) is 4.46. The summed E-state index contributed by atoms with van der Waals surface area (Å²) in [6.07, 6.45) is 1.86. The molecule has 0 amide bonds. The monoisotopic (exact) mass is 236 g/mol. The second-order valence-electron chi connectivity index (χ2n) is 4.46. The Balaban J connectivity index is 1.88. The van der Waals surface area contributed by atoms with E-state index in [4.69, 9.17) is 5.11 Å². The van der Waals surface area contributed by atoms with Gasteiger partial charge in [0.15, 0.2) is 0 Å². The molecule has 1 aromatic carbocycles. The lowest BCUT2D eigenvalue weighted by Crippen LogP contribution is -2.23. The minimum atomic E-state index is -0.701. The quantitative estimate of drug-likeness (QED) is 0.715. The Morgan fingerprint density at radius 2 is 1.82 bits per heavy atom. The number of rotatable bonds is 5. The van der Waals surface area contributed by atoms with Crippen molar-refractivity contribution in [2.75, 3.05) is 36.5 Å². The van der Waals surface area contributed by atoms with Gasteiger partial charge in [-0.2, -0.15) is 0 Å². The zero-order valence-electron chi connectivity index (χ0n) is 9.97. The van der Waals surface area contributed by atoms with Crippen LogP contribution < -0.4 is 10.2 Å². The normalized spacial score (nSPS) is 17.2. The van der Waals surface area contributed by atoms with Gasteiger partial charge in [-0.3, -0.25) is 0 Å². The van der Waals surface area contributed by atoms with Crippen LogP contribution in [-0.2, 0) is 0 Å². The fourth-order valence-electron chi connectivity index (χ4n) is 2.07. The number of hydrogen-bond acceptors (Lipinski definition) is 4. The summed E-state index contributed by atoms with van der Waals surface area (Å²) in [6, 6.07) is 8.22. The van der Waals surface area contributed by atoms with Crippen LogP contribution in [0.1, 0.15) is 12.8 Å². The number of nitrogens with one attached hydrogen (secondary N) is 1. The topological polar surface area (TPSA) is 55.7 Å². The third kappa shape index (κ3) is 3.35. The molecule has 2 rings (SSSR count). The molecular formula is C13H20N2O2. The van der Waals surface area contributed by atoms with Gasteiger partial charge in [-0.1, -0.05) is 0 Å². The first kappa shape index (κ1) is 12.2. The van der Waals surface area contributed by atoms with Gasteiger partial charge in [0.1, 0.15) is 0 Å². The predicted octanol–water partition coefficient (Wildman–Crippen LogP) is 1.05. The summed E-state index contributed by atoms with van der Waals surface area (Å²) in [7, 11) is 0. The maximum atomic E-state index is 9.23. The number of nitrogens with zero attached hydrogens (tertiary/aromatic N) is 1. The third-order valence-corrected chi connectivity index (χ3v) is 3.09. The van der Waals surface area contributed by atoms with E-state index in [0.29, 0.717) is 6.54 Å². The number of hydrogen-bond donors (Lipinski definition) is 3. The zero-order valence-corrected chi connectivity index (χ0v) is 9.97. The summed E-state index contributed by atoms with van der Waals surface area (Å²) < 4.78 is 0. The Kier molecular flexibility index (Phi) is 4.23. The number of benzene rings is 1. The van der Waals surface area contributed by atoms with E-state index < -0.39 is 6.10 Å². The third-order valence-electron chi connectivity index (χ3n) is 3.09. The van der Waals surface area contributed by atoms with Crippen molar-refractivity contribution < 1.29 is 10.2 Å². The van der Waals surface area contributed by atoms with Crippen molar-refractivity contribution in [2.45, 2.75) is 18.9 Å². The van der Waals surface area contributed by atoms with Crippen LogP contribution in [0, 0.1) is 0 Å². The van der Waals surface area contributed by atoms with Crippen molar-refractivity contribution >= 4 is 11.4 Å².